The topological polar surface area (TPSA) is 111 Å². The van der Waals surface area contributed by atoms with Crippen molar-refractivity contribution < 1.29 is 0 Å². The molecule has 0 saturated heterocycles. The van der Waals surface area contributed by atoms with E-state index in [4.69, 9.17) is 11.0 Å². The minimum Gasteiger partial charge on any atom is -0.383 e. The summed E-state index contributed by atoms with van der Waals surface area (Å²) in [4.78, 5) is 20.5. The van der Waals surface area contributed by atoms with Gasteiger partial charge >= 0.3 is 5.69 Å². The Morgan fingerprint density at radius 3 is 2.79 bits per heavy atom. The molecule has 6 heteroatoms. The van der Waals surface area contributed by atoms with E-state index in [1.54, 1.807) is 24.4 Å². The number of benzene rings is 1. The SMILES string of the molecule is N#Cc1c(-c2ccc3[nH]c(=O)[nH]c3c2)ccnc1N. The van der Waals surface area contributed by atoms with Crippen LogP contribution < -0.4 is 11.4 Å². The van der Waals surface area contributed by atoms with Gasteiger partial charge in [0.25, 0.3) is 0 Å². The summed E-state index contributed by atoms with van der Waals surface area (Å²) in [6, 6.07) is 9.17. The molecule has 92 valence electrons. The number of aromatic amines is 2. The summed E-state index contributed by atoms with van der Waals surface area (Å²) in [5.74, 6) is 0.197. The zero-order valence-electron chi connectivity index (χ0n) is 9.77. The molecule has 2 aromatic heterocycles. The third-order valence-electron chi connectivity index (χ3n) is 2.92. The van der Waals surface area contributed by atoms with Crippen LogP contribution >= 0.6 is 0 Å². The van der Waals surface area contributed by atoms with E-state index < -0.39 is 0 Å². The van der Waals surface area contributed by atoms with Crippen molar-refractivity contribution in [3.63, 3.8) is 0 Å². The Bertz CT molecular complexity index is 869. The molecule has 0 spiro atoms. The van der Waals surface area contributed by atoms with Gasteiger partial charge in [-0.15, -0.1) is 0 Å². The molecule has 19 heavy (non-hydrogen) atoms. The van der Waals surface area contributed by atoms with E-state index in [9.17, 15) is 4.79 Å². The number of hydrogen-bond acceptors (Lipinski definition) is 4. The molecular weight excluding hydrogens is 242 g/mol. The molecule has 0 bridgehead atoms. The van der Waals surface area contributed by atoms with E-state index in [2.05, 4.69) is 15.0 Å². The highest BCUT2D eigenvalue weighted by Gasteiger charge is 2.10. The minimum absolute atomic E-state index is 0.197. The largest absolute Gasteiger partial charge is 0.383 e. The van der Waals surface area contributed by atoms with Crippen molar-refractivity contribution in [2.45, 2.75) is 0 Å². The molecule has 0 fully saturated rings. The van der Waals surface area contributed by atoms with Crippen LogP contribution in [0.2, 0.25) is 0 Å². The number of nitriles is 1. The second-order valence-corrected chi connectivity index (χ2v) is 4.07. The van der Waals surface area contributed by atoms with Crippen LogP contribution in [-0.4, -0.2) is 15.0 Å². The first-order valence-corrected chi connectivity index (χ1v) is 5.56. The lowest BCUT2D eigenvalue weighted by Crippen LogP contribution is -1.99. The first-order valence-electron chi connectivity index (χ1n) is 5.56. The third kappa shape index (κ3) is 1.73. The number of nitrogens with zero attached hydrogens (tertiary/aromatic N) is 2. The van der Waals surface area contributed by atoms with Gasteiger partial charge in [0.15, 0.2) is 0 Å². The molecule has 4 N–H and O–H groups in total. The number of imidazole rings is 1. The van der Waals surface area contributed by atoms with Gasteiger partial charge in [0.05, 0.1) is 11.0 Å². The van der Waals surface area contributed by atoms with Crippen LogP contribution in [0.4, 0.5) is 5.82 Å². The second-order valence-electron chi connectivity index (χ2n) is 4.07. The number of nitrogens with two attached hydrogens (primary N) is 1. The summed E-state index contributed by atoms with van der Waals surface area (Å²) < 4.78 is 0. The van der Waals surface area contributed by atoms with Crippen molar-refractivity contribution in [2.24, 2.45) is 0 Å². The fourth-order valence-electron chi connectivity index (χ4n) is 2.04. The number of pyridine rings is 1. The number of nitrogen functional groups attached to an aromatic ring is 1. The van der Waals surface area contributed by atoms with Crippen molar-refractivity contribution in [2.75, 3.05) is 5.73 Å². The quantitative estimate of drug-likeness (QED) is 0.606. The van der Waals surface area contributed by atoms with Gasteiger partial charge < -0.3 is 15.7 Å². The van der Waals surface area contributed by atoms with Gasteiger partial charge in [-0.3, -0.25) is 0 Å². The van der Waals surface area contributed by atoms with Gasteiger partial charge in [-0.1, -0.05) is 6.07 Å². The summed E-state index contributed by atoms with van der Waals surface area (Å²) >= 11 is 0. The fraction of sp³-hybridized carbons (Fsp3) is 0. The lowest BCUT2D eigenvalue weighted by molar-refractivity contribution is 1.21. The van der Waals surface area contributed by atoms with Crippen LogP contribution in [0.1, 0.15) is 5.56 Å². The number of anilines is 1. The normalized spacial score (nSPS) is 10.5. The van der Waals surface area contributed by atoms with Gasteiger partial charge in [-0.2, -0.15) is 5.26 Å². The Morgan fingerprint density at radius 2 is 2.00 bits per heavy atom. The second kappa shape index (κ2) is 3.99. The maximum absolute atomic E-state index is 11.2. The zero-order valence-corrected chi connectivity index (χ0v) is 9.77. The predicted molar refractivity (Wildman–Crippen MR) is 71.3 cm³/mol. The molecule has 3 aromatic rings. The van der Waals surface area contributed by atoms with Gasteiger partial charge in [0.1, 0.15) is 17.5 Å². The first-order chi connectivity index (χ1) is 9.19. The van der Waals surface area contributed by atoms with Gasteiger partial charge in [-0.05, 0) is 23.8 Å². The molecule has 1 aromatic carbocycles. The minimum atomic E-state index is -0.262. The lowest BCUT2D eigenvalue weighted by Gasteiger charge is -2.05. The van der Waals surface area contributed by atoms with Gasteiger partial charge in [0, 0.05) is 11.8 Å². The van der Waals surface area contributed by atoms with E-state index in [0.29, 0.717) is 22.2 Å². The van der Waals surface area contributed by atoms with Crippen LogP contribution in [0.3, 0.4) is 0 Å². The zero-order chi connectivity index (χ0) is 13.4. The summed E-state index contributed by atoms with van der Waals surface area (Å²) in [5, 5.41) is 9.14. The van der Waals surface area contributed by atoms with Crippen molar-refractivity contribution in [3.8, 4) is 17.2 Å². The average Bonchev–Trinajstić information content (AvgIpc) is 2.77. The maximum atomic E-state index is 11.2. The van der Waals surface area contributed by atoms with Gasteiger partial charge in [0.2, 0.25) is 0 Å². The van der Waals surface area contributed by atoms with Crippen LogP contribution in [0.15, 0.2) is 35.3 Å². The van der Waals surface area contributed by atoms with E-state index in [0.717, 1.165) is 5.56 Å². The van der Waals surface area contributed by atoms with Crippen molar-refractivity contribution in [3.05, 3.63) is 46.5 Å². The van der Waals surface area contributed by atoms with Crippen molar-refractivity contribution >= 4 is 16.9 Å². The van der Waals surface area contributed by atoms with Gasteiger partial charge in [-0.25, -0.2) is 9.78 Å². The highest BCUT2D eigenvalue weighted by molar-refractivity contribution is 5.84. The monoisotopic (exact) mass is 251 g/mol. The Labute approximate surface area is 107 Å². The van der Waals surface area contributed by atoms with Crippen LogP contribution in [0.5, 0.6) is 0 Å². The first kappa shape index (κ1) is 11.0. The van der Waals surface area contributed by atoms with E-state index in [-0.39, 0.29) is 11.5 Å². The molecule has 0 aliphatic carbocycles. The number of H-pyrrole nitrogens is 2. The molecular formula is C13H9N5O. The number of fused-ring (bicyclic) bond motifs is 1. The Morgan fingerprint density at radius 1 is 1.21 bits per heavy atom. The predicted octanol–water partition coefficient (Wildman–Crippen LogP) is 1.37. The molecule has 2 heterocycles. The third-order valence-corrected chi connectivity index (χ3v) is 2.92. The number of aromatic nitrogens is 3. The molecule has 0 radical (unpaired) electrons. The fourth-order valence-corrected chi connectivity index (χ4v) is 2.04. The van der Waals surface area contributed by atoms with Crippen LogP contribution in [-0.2, 0) is 0 Å². The van der Waals surface area contributed by atoms with E-state index in [1.807, 2.05) is 12.1 Å². The standard InChI is InChI=1S/C13H9N5O/c14-6-9-8(3-4-16-12(9)15)7-1-2-10-11(5-7)18-13(19)17-10/h1-5H,(H2,15,16)(H2,17,18,19). The molecule has 0 aliphatic rings. The molecule has 0 saturated carbocycles. The van der Waals surface area contributed by atoms with Crippen LogP contribution in [0, 0.1) is 11.3 Å². The average molecular weight is 251 g/mol. The summed E-state index contributed by atoms with van der Waals surface area (Å²) in [6.45, 7) is 0. The van der Waals surface area contributed by atoms with E-state index >= 15 is 0 Å². The number of hydrogen-bond donors (Lipinski definition) is 3. The molecule has 0 aliphatic heterocycles. The smallest absolute Gasteiger partial charge is 0.323 e. The highest BCUT2D eigenvalue weighted by atomic mass is 16.1. The van der Waals surface area contributed by atoms with Crippen LogP contribution in [0.25, 0.3) is 22.2 Å². The molecule has 0 amide bonds. The molecule has 0 atom stereocenters. The van der Waals surface area contributed by atoms with Crippen molar-refractivity contribution in [1.29, 1.82) is 5.26 Å². The summed E-state index contributed by atoms with van der Waals surface area (Å²) in [6.07, 6.45) is 1.55. The Balaban J connectivity index is 2.27. The lowest BCUT2D eigenvalue weighted by atomic mass is 10.0. The molecule has 0 unspecified atom stereocenters. The van der Waals surface area contributed by atoms with E-state index in [1.165, 1.54) is 0 Å². The highest BCUT2D eigenvalue weighted by Crippen LogP contribution is 2.27. The molecule has 6 nitrogen and oxygen atoms in total. The Kier molecular flexibility index (Phi) is 2.32. The molecule has 3 rings (SSSR count). The summed E-state index contributed by atoms with van der Waals surface area (Å²) in [7, 11) is 0. The Hall–Kier alpha value is -3.07. The maximum Gasteiger partial charge on any atom is 0.323 e. The number of rotatable bonds is 1. The van der Waals surface area contributed by atoms with Crippen molar-refractivity contribution in [1.82, 2.24) is 15.0 Å². The number of nitrogens with one attached hydrogen (secondary N) is 2. The summed E-state index contributed by atoms with van der Waals surface area (Å²) in [5.41, 5.74) is 8.65.